The Labute approximate surface area is 104 Å². The Hall–Kier alpha value is -0.610. The molecule has 0 radical (unpaired) electrons. The van der Waals surface area contributed by atoms with Crippen molar-refractivity contribution < 1.29 is 4.79 Å². The largest absolute Gasteiger partial charge is 0.333 e. The second-order valence-electron chi connectivity index (χ2n) is 6.08. The Bertz CT molecular complexity index is 299. The topological polar surface area (TPSA) is 49.6 Å². The number of nitrogens with zero attached hydrogens (tertiary/aromatic N) is 2. The highest BCUT2D eigenvalue weighted by atomic mass is 16.2. The molecule has 4 nitrogen and oxygen atoms in total. The van der Waals surface area contributed by atoms with Gasteiger partial charge in [-0.1, -0.05) is 0 Å². The molecule has 1 atom stereocenters. The van der Waals surface area contributed by atoms with E-state index in [1.54, 1.807) is 0 Å². The predicted molar refractivity (Wildman–Crippen MR) is 68.7 cm³/mol. The summed E-state index contributed by atoms with van der Waals surface area (Å²) in [4.78, 5) is 17.0. The van der Waals surface area contributed by atoms with Crippen LogP contribution in [0.2, 0.25) is 0 Å². The molecule has 1 heterocycles. The lowest BCUT2D eigenvalue weighted by Crippen LogP contribution is -2.52. The Morgan fingerprint density at radius 3 is 2.59 bits per heavy atom. The number of hydrogen-bond donors (Lipinski definition) is 1. The van der Waals surface area contributed by atoms with Crippen LogP contribution in [0.1, 0.15) is 39.5 Å². The molecule has 1 aliphatic heterocycles. The summed E-state index contributed by atoms with van der Waals surface area (Å²) in [5.74, 6) is 0.294. The number of likely N-dealkylation sites (N-methyl/N-ethyl adjacent to an activating group) is 1. The molecule has 0 bridgehead atoms. The normalized spacial score (nSPS) is 30.5. The summed E-state index contributed by atoms with van der Waals surface area (Å²) >= 11 is 0. The summed E-state index contributed by atoms with van der Waals surface area (Å²) in [5.41, 5.74) is 5.64. The van der Waals surface area contributed by atoms with Crippen LogP contribution in [-0.4, -0.2) is 53.5 Å². The number of carbonyl (C=O) groups excluding carboxylic acids is 1. The molecule has 2 N–H and O–H groups in total. The molecule has 98 valence electrons. The van der Waals surface area contributed by atoms with Gasteiger partial charge in [0.25, 0.3) is 0 Å². The fourth-order valence-electron chi connectivity index (χ4n) is 2.88. The van der Waals surface area contributed by atoms with Gasteiger partial charge in [-0.3, -0.25) is 9.69 Å². The molecule has 0 aromatic heterocycles. The van der Waals surface area contributed by atoms with Gasteiger partial charge in [-0.05, 0) is 53.1 Å². The van der Waals surface area contributed by atoms with Crippen molar-refractivity contribution in [2.75, 3.05) is 20.1 Å². The standard InChI is InChI=1S/C13H25N3O/c1-13(2)7-9-15(3)11(6-8-14)12(17)16(13)10-4-5-10/h10-11H,4-9,14H2,1-3H3. The average Bonchev–Trinajstić information content (AvgIpc) is 3.05. The number of hydrogen-bond acceptors (Lipinski definition) is 3. The maximum Gasteiger partial charge on any atom is 0.240 e. The van der Waals surface area contributed by atoms with E-state index >= 15 is 0 Å². The van der Waals surface area contributed by atoms with E-state index in [9.17, 15) is 4.79 Å². The summed E-state index contributed by atoms with van der Waals surface area (Å²) in [5, 5.41) is 0. The molecule has 2 aliphatic rings. The van der Waals surface area contributed by atoms with Crippen LogP contribution in [-0.2, 0) is 4.79 Å². The van der Waals surface area contributed by atoms with Gasteiger partial charge >= 0.3 is 0 Å². The SMILES string of the molecule is CN1CCC(C)(C)N(C2CC2)C(=O)C1CCN. The van der Waals surface area contributed by atoms with E-state index in [0.29, 0.717) is 18.5 Å². The number of nitrogens with two attached hydrogens (primary N) is 1. The molecule has 1 unspecified atom stereocenters. The van der Waals surface area contributed by atoms with Crippen molar-refractivity contribution in [2.24, 2.45) is 5.73 Å². The van der Waals surface area contributed by atoms with E-state index < -0.39 is 0 Å². The lowest BCUT2D eigenvalue weighted by molar-refractivity contribution is -0.140. The van der Waals surface area contributed by atoms with Crippen LogP contribution in [0.3, 0.4) is 0 Å². The summed E-state index contributed by atoms with van der Waals surface area (Å²) < 4.78 is 0. The third-order valence-electron chi connectivity index (χ3n) is 4.14. The van der Waals surface area contributed by atoms with Gasteiger partial charge in [-0.25, -0.2) is 0 Å². The molecule has 0 aromatic rings. The first-order valence-corrected chi connectivity index (χ1v) is 6.71. The van der Waals surface area contributed by atoms with Crippen molar-refractivity contribution in [1.82, 2.24) is 9.80 Å². The quantitative estimate of drug-likeness (QED) is 0.793. The molecule has 2 rings (SSSR count). The van der Waals surface area contributed by atoms with Gasteiger partial charge in [0.05, 0.1) is 6.04 Å². The van der Waals surface area contributed by atoms with Gasteiger partial charge in [-0.2, -0.15) is 0 Å². The van der Waals surface area contributed by atoms with Gasteiger partial charge in [0, 0.05) is 18.1 Å². The summed E-state index contributed by atoms with van der Waals surface area (Å²) in [6.45, 7) is 5.95. The lowest BCUT2D eigenvalue weighted by atomic mass is 9.98. The first-order valence-electron chi connectivity index (χ1n) is 6.71. The van der Waals surface area contributed by atoms with Crippen molar-refractivity contribution in [3.05, 3.63) is 0 Å². The van der Waals surface area contributed by atoms with Crippen LogP contribution in [0, 0.1) is 0 Å². The molecule has 17 heavy (non-hydrogen) atoms. The fraction of sp³-hybridized carbons (Fsp3) is 0.923. The van der Waals surface area contributed by atoms with E-state index in [4.69, 9.17) is 5.73 Å². The molecule has 1 saturated carbocycles. The molecular weight excluding hydrogens is 214 g/mol. The van der Waals surface area contributed by atoms with E-state index in [-0.39, 0.29) is 11.6 Å². The van der Waals surface area contributed by atoms with Crippen LogP contribution in [0.15, 0.2) is 0 Å². The molecular formula is C13H25N3O. The van der Waals surface area contributed by atoms with Crippen LogP contribution >= 0.6 is 0 Å². The zero-order valence-corrected chi connectivity index (χ0v) is 11.3. The molecule has 0 spiro atoms. The minimum Gasteiger partial charge on any atom is -0.333 e. The van der Waals surface area contributed by atoms with Crippen molar-refractivity contribution >= 4 is 5.91 Å². The van der Waals surface area contributed by atoms with Gasteiger partial charge in [-0.15, -0.1) is 0 Å². The summed E-state index contributed by atoms with van der Waals surface area (Å²) in [6, 6.07) is 0.478. The van der Waals surface area contributed by atoms with Crippen molar-refractivity contribution in [3.8, 4) is 0 Å². The van der Waals surface area contributed by atoms with Crippen molar-refractivity contribution in [2.45, 2.75) is 57.2 Å². The summed E-state index contributed by atoms with van der Waals surface area (Å²) in [6.07, 6.45) is 4.17. The number of carbonyl (C=O) groups is 1. The molecule has 0 aromatic carbocycles. The highest BCUT2D eigenvalue weighted by Crippen LogP contribution is 2.37. The second-order valence-corrected chi connectivity index (χ2v) is 6.08. The van der Waals surface area contributed by atoms with E-state index in [1.807, 2.05) is 7.05 Å². The van der Waals surface area contributed by atoms with Crippen LogP contribution in [0.4, 0.5) is 0 Å². The molecule has 1 amide bonds. The fourth-order valence-corrected chi connectivity index (χ4v) is 2.88. The minimum atomic E-state index is -0.0117. The maximum atomic E-state index is 12.7. The smallest absolute Gasteiger partial charge is 0.240 e. The van der Waals surface area contributed by atoms with Crippen LogP contribution < -0.4 is 5.73 Å². The molecule has 2 fully saturated rings. The third-order valence-corrected chi connectivity index (χ3v) is 4.14. The average molecular weight is 239 g/mol. The maximum absolute atomic E-state index is 12.7. The van der Waals surface area contributed by atoms with Crippen molar-refractivity contribution in [1.29, 1.82) is 0 Å². The van der Waals surface area contributed by atoms with E-state index in [2.05, 4.69) is 23.6 Å². The molecule has 4 heteroatoms. The Balaban J connectivity index is 2.23. The Kier molecular flexibility index (Phi) is 3.46. The van der Waals surface area contributed by atoms with E-state index in [1.165, 1.54) is 12.8 Å². The highest BCUT2D eigenvalue weighted by molar-refractivity contribution is 5.83. The first kappa shape index (κ1) is 12.8. The molecule has 1 aliphatic carbocycles. The van der Waals surface area contributed by atoms with Gasteiger partial charge < -0.3 is 10.6 Å². The van der Waals surface area contributed by atoms with Gasteiger partial charge in [0.1, 0.15) is 0 Å². The van der Waals surface area contributed by atoms with Crippen LogP contribution in [0.5, 0.6) is 0 Å². The van der Waals surface area contributed by atoms with Crippen molar-refractivity contribution in [3.63, 3.8) is 0 Å². The third kappa shape index (κ3) is 2.47. The monoisotopic (exact) mass is 239 g/mol. The van der Waals surface area contributed by atoms with Crippen LogP contribution in [0.25, 0.3) is 0 Å². The zero-order valence-electron chi connectivity index (χ0n) is 11.3. The Morgan fingerprint density at radius 2 is 2.06 bits per heavy atom. The predicted octanol–water partition coefficient (Wildman–Crippen LogP) is 0.809. The number of amides is 1. The van der Waals surface area contributed by atoms with Gasteiger partial charge in [0.15, 0.2) is 0 Å². The lowest BCUT2D eigenvalue weighted by Gasteiger charge is -2.38. The zero-order chi connectivity index (χ0) is 12.6. The minimum absolute atomic E-state index is 0.00411. The Morgan fingerprint density at radius 1 is 1.41 bits per heavy atom. The molecule has 1 saturated heterocycles. The van der Waals surface area contributed by atoms with E-state index in [0.717, 1.165) is 19.4 Å². The van der Waals surface area contributed by atoms with Gasteiger partial charge in [0.2, 0.25) is 5.91 Å². The number of rotatable bonds is 3. The first-order chi connectivity index (χ1) is 7.97. The summed E-state index contributed by atoms with van der Waals surface area (Å²) in [7, 11) is 2.05. The highest BCUT2D eigenvalue weighted by Gasteiger charge is 2.46. The second kappa shape index (κ2) is 4.58.